The highest BCUT2D eigenvalue weighted by Gasteiger charge is 2.05. The Labute approximate surface area is 122 Å². The fourth-order valence-electron chi connectivity index (χ4n) is 1.78. The van der Waals surface area contributed by atoms with E-state index in [4.69, 9.17) is 23.2 Å². The number of rotatable bonds is 5. The molecule has 0 unspecified atom stereocenters. The van der Waals surface area contributed by atoms with Crippen LogP contribution in [0, 0.1) is 5.82 Å². The molecule has 0 heterocycles. The number of hydrogen-bond acceptors (Lipinski definition) is 1. The topological polar surface area (TPSA) is 12.0 Å². The lowest BCUT2D eigenvalue weighted by molar-refractivity contribution is 0.588. The zero-order valence-corrected chi connectivity index (χ0v) is 11.8. The Balaban J connectivity index is 1.92. The molecule has 0 saturated carbocycles. The second kappa shape index (κ2) is 6.90. The van der Waals surface area contributed by atoms with Gasteiger partial charge in [-0.15, -0.1) is 11.6 Å². The van der Waals surface area contributed by atoms with Gasteiger partial charge in [0.1, 0.15) is 5.82 Å². The van der Waals surface area contributed by atoms with Crippen LogP contribution in [-0.2, 0) is 19.0 Å². The van der Waals surface area contributed by atoms with Crippen LogP contribution in [0.15, 0.2) is 42.5 Å². The summed E-state index contributed by atoms with van der Waals surface area (Å²) in [6, 6.07) is 12.7. The Kier molecular flexibility index (Phi) is 5.20. The predicted molar refractivity (Wildman–Crippen MR) is 78.0 cm³/mol. The number of nitrogens with one attached hydrogen (secondary N) is 1. The van der Waals surface area contributed by atoms with Gasteiger partial charge < -0.3 is 5.32 Å². The van der Waals surface area contributed by atoms with E-state index in [1.807, 2.05) is 24.3 Å². The molecule has 0 aliphatic carbocycles. The van der Waals surface area contributed by atoms with E-state index in [0.717, 1.165) is 11.1 Å². The van der Waals surface area contributed by atoms with Crippen LogP contribution in [0.25, 0.3) is 0 Å². The number of hydrogen-bond donors (Lipinski definition) is 1. The molecular weight excluding hydrogens is 284 g/mol. The summed E-state index contributed by atoms with van der Waals surface area (Å²) in [5, 5.41) is 3.63. The van der Waals surface area contributed by atoms with Crippen molar-refractivity contribution in [3.8, 4) is 0 Å². The van der Waals surface area contributed by atoms with Crippen molar-refractivity contribution in [1.29, 1.82) is 0 Å². The third-order valence-corrected chi connectivity index (χ3v) is 3.53. The summed E-state index contributed by atoms with van der Waals surface area (Å²) >= 11 is 11.7. The van der Waals surface area contributed by atoms with Crippen molar-refractivity contribution in [2.75, 3.05) is 0 Å². The minimum absolute atomic E-state index is 0.280. The van der Waals surface area contributed by atoms with Gasteiger partial charge in [-0.25, -0.2) is 4.39 Å². The summed E-state index contributed by atoms with van der Waals surface area (Å²) in [5.74, 6) is 0.232. The van der Waals surface area contributed by atoms with Gasteiger partial charge in [-0.3, -0.25) is 0 Å². The molecule has 0 atom stereocenters. The molecule has 1 N–H and O–H groups in total. The van der Waals surface area contributed by atoms with E-state index < -0.39 is 0 Å². The molecule has 0 spiro atoms. The second-order valence-corrected chi connectivity index (χ2v) is 4.93. The smallest absolute Gasteiger partial charge is 0.129 e. The zero-order valence-electron chi connectivity index (χ0n) is 10.3. The SMILES string of the molecule is Fc1cccc(Cl)c1CNCc1ccc(CCl)cc1. The van der Waals surface area contributed by atoms with E-state index in [0.29, 0.717) is 29.6 Å². The standard InChI is InChI=1S/C15H14Cl2FN/c16-8-11-4-6-12(7-5-11)9-19-10-13-14(17)2-1-3-15(13)18/h1-7,19H,8-10H2. The van der Waals surface area contributed by atoms with Gasteiger partial charge >= 0.3 is 0 Å². The van der Waals surface area contributed by atoms with Gasteiger partial charge in [0.25, 0.3) is 0 Å². The number of benzene rings is 2. The normalized spacial score (nSPS) is 10.7. The first-order valence-electron chi connectivity index (χ1n) is 5.98. The third kappa shape index (κ3) is 3.93. The van der Waals surface area contributed by atoms with Gasteiger partial charge in [0.2, 0.25) is 0 Å². The van der Waals surface area contributed by atoms with Crippen molar-refractivity contribution < 1.29 is 4.39 Å². The molecule has 0 radical (unpaired) electrons. The van der Waals surface area contributed by atoms with Crippen LogP contribution in [0.1, 0.15) is 16.7 Å². The molecule has 0 aromatic heterocycles. The molecule has 4 heteroatoms. The molecule has 2 aromatic rings. The van der Waals surface area contributed by atoms with Crippen molar-refractivity contribution in [3.63, 3.8) is 0 Å². The van der Waals surface area contributed by atoms with E-state index in [-0.39, 0.29) is 5.82 Å². The first-order valence-corrected chi connectivity index (χ1v) is 6.89. The monoisotopic (exact) mass is 297 g/mol. The molecule has 0 amide bonds. The molecule has 1 nitrogen and oxygen atoms in total. The molecule has 2 aromatic carbocycles. The molecule has 100 valence electrons. The molecule has 0 fully saturated rings. The highest BCUT2D eigenvalue weighted by Crippen LogP contribution is 2.18. The summed E-state index contributed by atoms with van der Waals surface area (Å²) in [6.45, 7) is 1.07. The fourth-order valence-corrected chi connectivity index (χ4v) is 2.19. The minimum atomic E-state index is -0.280. The summed E-state index contributed by atoms with van der Waals surface area (Å²) < 4.78 is 13.5. The lowest BCUT2D eigenvalue weighted by Gasteiger charge is -2.08. The molecule has 2 rings (SSSR count). The van der Waals surface area contributed by atoms with E-state index in [9.17, 15) is 4.39 Å². The molecule has 0 bridgehead atoms. The van der Waals surface area contributed by atoms with Crippen LogP contribution in [0.5, 0.6) is 0 Å². The fraction of sp³-hybridized carbons (Fsp3) is 0.200. The lowest BCUT2D eigenvalue weighted by Crippen LogP contribution is -2.14. The number of halogens is 3. The average molecular weight is 298 g/mol. The maximum Gasteiger partial charge on any atom is 0.129 e. The van der Waals surface area contributed by atoms with Crippen LogP contribution in [0.3, 0.4) is 0 Å². The Morgan fingerprint density at radius 1 is 0.947 bits per heavy atom. The molecule has 19 heavy (non-hydrogen) atoms. The van der Waals surface area contributed by atoms with Gasteiger partial charge in [0.15, 0.2) is 0 Å². The highest BCUT2D eigenvalue weighted by atomic mass is 35.5. The first-order chi connectivity index (χ1) is 9.20. The maximum absolute atomic E-state index is 13.5. The van der Waals surface area contributed by atoms with Gasteiger partial charge in [-0.2, -0.15) is 0 Å². The van der Waals surface area contributed by atoms with Crippen LogP contribution in [-0.4, -0.2) is 0 Å². The van der Waals surface area contributed by atoms with Crippen molar-refractivity contribution in [3.05, 3.63) is 70.0 Å². The van der Waals surface area contributed by atoms with Gasteiger partial charge in [-0.1, -0.05) is 41.9 Å². The summed E-state index contributed by atoms with van der Waals surface area (Å²) in [5.41, 5.74) is 2.71. The first kappa shape index (κ1) is 14.3. The highest BCUT2D eigenvalue weighted by molar-refractivity contribution is 6.31. The van der Waals surface area contributed by atoms with Crippen molar-refractivity contribution in [2.24, 2.45) is 0 Å². The van der Waals surface area contributed by atoms with Crippen LogP contribution < -0.4 is 5.32 Å². The Morgan fingerprint density at radius 2 is 1.63 bits per heavy atom. The molecular formula is C15H14Cl2FN. The van der Waals surface area contributed by atoms with Crippen molar-refractivity contribution >= 4 is 23.2 Å². The third-order valence-electron chi connectivity index (χ3n) is 2.87. The lowest BCUT2D eigenvalue weighted by atomic mass is 10.1. The predicted octanol–water partition coefficient (Wildman–Crippen LogP) is 4.51. The minimum Gasteiger partial charge on any atom is -0.308 e. The zero-order chi connectivity index (χ0) is 13.7. The van der Waals surface area contributed by atoms with Crippen LogP contribution in [0.4, 0.5) is 4.39 Å². The van der Waals surface area contributed by atoms with Crippen molar-refractivity contribution in [1.82, 2.24) is 5.32 Å². The van der Waals surface area contributed by atoms with E-state index in [2.05, 4.69) is 5.32 Å². The molecule has 0 aliphatic heterocycles. The molecule has 0 aliphatic rings. The summed E-state index contributed by atoms with van der Waals surface area (Å²) in [4.78, 5) is 0. The molecule has 0 saturated heterocycles. The Morgan fingerprint density at radius 3 is 2.26 bits per heavy atom. The Hall–Kier alpha value is -1.09. The average Bonchev–Trinajstić information content (AvgIpc) is 2.43. The second-order valence-electron chi connectivity index (χ2n) is 4.25. The van der Waals surface area contributed by atoms with E-state index in [1.165, 1.54) is 6.07 Å². The van der Waals surface area contributed by atoms with Gasteiger partial charge in [0, 0.05) is 29.6 Å². The van der Waals surface area contributed by atoms with Crippen LogP contribution >= 0.6 is 23.2 Å². The quantitative estimate of drug-likeness (QED) is 0.801. The summed E-state index contributed by atoms with van der Waals surface area (Å²) in [7, 11) is 0. The summed E-state index contributed by atoms with van der Waals surface area (Å²) in [6.07, 6.45) is 0. The number of alkyl halides is 1. The van der Waals surface area contributed by atoms with Crippen molar-refractivity contribution in [2.45, 2.75) is 19.0 Å². The van der Waals surface area contributed by atoms with Crippen LogP contribution in [0.2, 0.25) is 5.02 Å². The maximum atomic E-state index is 13.5. The van der Waals surface area contributed by atoms with E-state index >= 15 is 0 Å². The van der Waals surface area contributed by atoms with E-state index in [1.54, 1.807) is 12.1 Å². The largest absolute Gasteiger partial charge is 0.308 e. The Bertz CT molecular complexity index is 520. The van der Waals surface area contributed by atoms with Gasteiger partial charge in [0.05, 0.1) is 0 Å². The van der Waals surface area contributed by atoms with Gasteiger partial charge in [-0.05, 0) is 23.3 Å².